The van der Waals surface area contributed by atoms with Gasteiger partial charge in [0, 0.05) is 0 Å². The van der Waals surface area contributed by atoms with Crippen LogP contribution in [0.2, 0.25) is 10.0 Å². The average molecular weight is 336 g/mol. The molecule has 0 fully saturated rings. The molecule has 2 rings (SSSR count). The van der Waals surface area contributed by atoms with Gasteiger partial charge in [-0.15, -0.1) is 0 Å². The fraction of sp³-hybridized carbons (Fsp3) is 0.200. The number of aromatic nitrogens is 3. The van der Waals surface area contributed by atoms with Crippen LogP contribution in [0.25, 0.3) is 5.82 Å². The maximum absolute atomic E-state index is 6.09. The predicted molar refractivity (Wildman–Crippen MR) is 73.0 cm³/mol. The minimum Gasteiger partial charge on any atom is -0.382 e. The molecular weight excluding hydrogens is 327 g/mol. The molecule has 0 atom stereocenters. The van der Waals surface area contributed by atoms with Crippen molar-refractivity contribution in [1.82, 2.24) is 14.8 Å². The Morgan fingerprint density at radius 1 is 1.29 bits per heavy atom. The molecule has 0 aliphatic heterocycles. The van der Waals surface area contributed by atoms with Gasteiger partial charge in [-0.1, -0.05) is 23.2 Å². The van der Waals surface area contributed by atoms with Crippen LogP contribution in [-0.2, 0) is 0 Å². The molecule has 0 aliphatic rings. The molecule has 2 aromatic heterocycles. The molecular formula is C10H9BrCl2N4. The number of hydrogen-bond acceptors (Lipinski definition) is 3. The second-order valence-electron chi connectivity index (χ2n) is 3.56. The van der Waals surface area contributed by atoms with Crippen LogP contribution in [0.3, 0.4) is 0 Å². The van der Waals surface area contributed by atoms with Crippen molar-refractivity contribution in [2.24, 2.45) is 0 Å². The zero-order chi connectivity index (χ0) is 12.7. The van der Waals surface area contributed by atoms with E-state index in [0.29, 0.717) is 15.9 Å². The molecule has 0 bridgehead atoms. The van der Waals surface area contributed by atoms with Gasteiger partial charge in [0.05, 0.1) is 25.9 Å². The average Bonchev–Trinajstić information content (AvgIpc) is 2.51. The summed E-state index contributed by atoms with van der Waals surface area (Å²) in [6.07, 6.45) is 0. The predicted octanol–water partition coefficient (Wildman–Crippen LogP) is 3.54. The van der Waals surface area contributed by atoms with E-state index in [2.05, 4.69) is 26.0 Å². The lowest BCUT2D eigenvalue weighted by Crippen LogP contribution is -2.05. The van der Waals surface area contributed by atoms with Gasteiger partial charge < -0.3 is 5.73 Å². The summed E-state index contributed by atoms with van der Waals surface area (Å²) < 4.78 is 2.55. The Kier molecular flexibility index (Phi) is 3.34. The van der Waals surface area contributed by atoms with Crippen molar-refractivity contribution in [3.8, 4) is 5.82 Å². The summed E-state index contributed by atoms with van der Waals surface area (Å²) in [7, 11) is 0. The zero-order valence-corrected chi connectivity index (χ0v) is 12.2. The molecule has 2 aromatic rings. The lowest BCUT2D eigenvalue weighted by atomic mass is 10.4. The van der Waals surface area contributed by atoms with E-state index < -0.39 is 0 Å². The second-order valence-corrected chi connectivity index (χ2v) is 5.16. The molecule has 0 unspecified atom stereocenters. The quantitative estimate of drug-likeness (QED) is 0.867. The van der Waals surface area contributed by atoms with Crippen molar-refractivity contribution in [3.05, 3.63) is 32.0 Å². The van der Waals surface area contributed by atoms with E-state index in [4.69, 9.17) is 28.9 Å². The number of nitrogens with zero attached hydrogens (tertiary/aromatic N) is 3. The van der Waals surface area contributed by atoms with Crippen molar-refractivity contribution in [2.45, 2.75) is 13.8 Å². The van der Waals surface area contributed by atoms with E-state index in [0.717, 1.165) is 15.9 Å². The highest BCUT2D eigenvalue weighted by molar-refractivity contribution is 9.10. The molecule has 0 spiro atoms. The Balaban J connectivity index is 2.68. The largest absolute Gasteiger partial charge is 0.382 e. The fourth-order valence-corrected chi connectivity index (χ4v) is 2.13. The summed E-state index contributed by atoms with van der Waals surface area (Å²) >= 11 is 15.4. The molecule has 2 heterocycles. The summed E-state index contributed by atoms with van der Waals surface area (Å²) in [5.74, 6) is 0.703. The molecule has 0 saturated heterocycles. The van der Waals surface area contributed by atoms with Gasteiger partial charge in [-0.25, -0.2) is 9.67 Å². The van der Waals surface area contributed by atoms with E-state index in [1.807, 2.05) is 13.8 Å². The topological polar surface area (TPSA) is 56.7 Å². The number of hydrogen-bond donors (Lipinski definition) is 1. The lowest BCUT2D eigenvalue weighted by Gasteiger charge is -2.07. The van der Waals surface area contributed by atoms with Gasteiger partial charge in [0.1, 0.15) is 5.82 Å². The molecule has 0 amide bonds. The van der Waals surface area contributed by atoms with Crippen molar-refractivity contribution in [1.29, 1.82) is 0 Å². The number of rotatable bonds is 1. The molecule has 90 valence electrons. The Labute approximate surface area is 117 Å². The van der Waals surface area contributed by atoms with Crippen LogP contribution in [0.4, 0.5) is 5.82 Å². The maximum atomic E-state index is 6.09. The molecule has 0 radical (unpaired) electrons. The molecule has 7 heteroatoms. The highest BCUT2D eigenvalue weighted by Crippen LogP contribution is 2.29. The van der Waals surface area contributed by atoms with Gasteiger partial charge in [-0.3, -0.25) is 0 Å². The van der Waals surface area contributed by atoms with Crippen molar-refractivity contribution in [3.63, 3.8) is 0 Å². The number of halogens is 3. The van der Waals surface area contributed by atoms with E-state index in [-0.39, 0.29) is 5.82 Å². The van der Waals surface area contributed by atoms with Crippen molar-refractivity contribution >= 4 is 44.9 Å². The number of nitrogen functional groups attached to an aromatic ring is 1. The van der Waals surface area contributed by atoms with Crippen LogP contribution in [-0.4, -0.2) is 14.8 Å². The second kappa shape index (κ2) is 4.48. The normalized spacial score (nSPS) is 10.9. The molecule has 4 nitrogen and oxygen atoms in total. The monoisotopic (exact) mass is 334 g/mol. The molecule has 0 saturated carbocycles. The minimum atomic E-state index is 0.231. The summed E-state index contributed by atoms with van der Waals surface area (Å²) in [4.78, 5) is 4.15. The van der Waals surface area contributed by atoms with Crippen molar-refractivity contribution in [2.75, 3.05) is 5.73 Å². The van der Waals surface area contributed by atoms with Crippen LogP contribution in [0.5, 0.6) is 0 Å². The first-order chi connectivity index (χ1) is 7.91. The third kappa shape index (κ3) is 2.14. The first-order valence-corrected chi connectivity index (χ1v) is 6.30. The smallest absolute Gasteiger partial charge is 0.174 e. The SMILES string of the molecule is Cc1nn(-c2nc(N)c(Cl)cc2Cl)c(C)c1Br. The Morgan fingerprint density at radius 3 is 2.47 bits per heavy atom. The summed E-state index contributed by atoms with van der Waals surface area (Å²) in [6.45, 7) is 3.80. The first-order valence-electron chi connectivity index (χ1n) is 4.75. The molecule has 0 aromatic carbocycles. The molecule has 0 aliphatic carbocycles. The number of nitrogens with two attached hydrogens (primary N) is 1. The summed E-state index contributed by atoms with van der Waals surface area (Å²) in [5.41, 5.74) is 7.42. The molecule has 2 N–H and O–H groups in total. The van der Waals surface area contributed by atoms with Crippen LogP contribution >= 0.6 is 39.1 Å². The maximum Gasteiger partial charge on any atom is 0.174 e. The number of aryl methyl sites for hydroxylation is 1. The van der Waals surface area contributed by atoms with Crippen molar-refractivity contribution < 1.29 is 0 Å². The zero-order valence-electron chi connectivity index (χ0n) is 9.13. The number of anilines is 1. The van der Waals surface area contributed by atoms with Crippen LogP contribution in [0.1, 0.15) is 11.4 Å². The standard InChI is InChI=1S/C10H9BrCl2N4/c1-4-8(11)5(2)17(16-4)10-7(13)3-6(12)9(14)15-10/h3H,1-2H3,(H2,14,15). The van der Waals surface area contributed by atoms with Crippen LogP contribution < -0.4 is 5.73 Å². The Hall–Kier alpha value is -0.780. The van der Waals surface area contributed by atoms with Gasteiger partial charge in [0.15, 0.2) is 5.82 Å². The van der Waals surface area contributed by atoms with Gasteiger partial charge in [-0.2, -0.15) is 5.10 Å². The lowest BCUT2D eigenvalue weighted by molar-refractivity contribution is 0.807. The fourth-order valence-electron chi connectivity index (χ4n) is 1.45. The van der Waals surface area contributed by atoms with E-state index in [1.54, 1.807) is 10.7 Å². The minimum absolute atomic E-state index is 0.231. The van der Waals surface area contributed by atoms with Gasteiger partial charge in [0.2, 0.25) is 0 Å². The summed E-state index contributed by atoms with van der Waals surface area (Å²) in [5, 5.41) is 5.07. The number of pyridine rings is 1. The highest BCUT2D eigenvalue weighted by atomic mass is 79.9. The molecule has 17 heavy (non-hydrogen) atoms. The van der Waals surface area contributed by atoms with Gasteiger partial charge in [-0.05, 0) is 35.8 Å². The summed E-state index contributed by atoms with van der Waals surface area (Å²) in [6, 6.07) is 1.56. The van der Waals surface area contributed by atoms with Crippen LogP contribution in [0.15, 0.2) is 10.5 Å². The van der Waals surface area contributed by atoms with Gasteiger partial charge in [0.25, 0.3) is 0 Å². The first kappa shape index (κ1) is 12.7. The van der Waals surface area contributed by atoms with E-state index in [1.165, 1.54) is 0 Å². The van der Waals surface area contributed by atoms with E-state index >= 15 is 0 Å². The third-order valence-electron chi connectivity index (χ3n) is 2.34. The Morgan fingerprint density at radius 2 is 1.94 bits per heavy atom. The third-order valence-corrected chi connectivity index (χ3v) is 4.07. The van der Waals surface area contributed by atoms with Crippen LogP contribution in [0, 0.1) is 13.8 Å². The van der Waals surface area contributed by atoms with Gasteiger partial charge >= 0.3 is 0 Å². The highest BCUT2D eigenvalue weighted by Gasteiger charge is 2.15. The van der Waals surface area contributed by atoms with E-state index in [9.17, 15) is 0 Å². The Bertz CT molecular complexity index is 594.